The van der Waals surface area contributed by atoms with E-state index in [0.29, 0.717) is 30.5 Å². The summed E-state index contributed by atoms with van der Waals surface area (Å²) in [4.78, 5) is 14.6. The average molecular weight is 334 g/mol. The predicted molar refractivity (Wildman–Crippen MR) is 95.5 cm³/mol. The highest BCUT2D eigenvalue weighted by atomic mass is 16.5. The highest BCUT2D eigenvalue weighted by Crippen LogP contribution is 2.27. The van der Waals surface area contributed by atoms with E-state index < -0.39 is 0 Å². The minimum absolute atomic E-state index is 0.102. The highest BCUT2D eigenvalue weighted by molar-refractivity contribution is 5.76. The smallest absolute Gasteiger partial charge is 0.221 e. The number of rotatable bonds is 8. The zero-order valence-corrected chi connectivity index (χ0v) is 15.1. The fraction of sp³-hybridized carbons (Fsp3) is 0.632. The van der Waals surface area contributed by atoms with Crippen LogP contribution in [0.2, 0.25) is 0 Å². The van der Waals surface area contributed by atoms with Crippen LogP contribution in [0.25, 0.3) is 0 Å². The Morgan fingerprint density at radius 1 is 1.25 bits per heavy atom. The van der Waals surface area contributed by atoms with Crippen molar-refractivity contribution in [3.63, 3.8) is 0 Å². The number of hydrogen-bond donors (Lipinski definition) is 1. The molecule has 1 amide bonds. The molecule has 1 aliphatic heterocycles. The van der Waals surface area contributed by atoms with Gasteiger partial charge in [0, 0.05) is 25.6 Å². The number of piperidine rings is 1. The molecule has 1 aliphatic rings. The summed E-state index contributed by atoms with van der Waals surface area (Å²) in [5.74, 6) is 1.48. The van der Waals surface area contributed by atoms with Crippen molar-refractivity contribution in [2.75, 3.05) is 27.3 Å². The first kappa shape index (κ1) is 18.6. The molecule has 1 atom stereocenters. The molecule has 0 saturated carbocycles. The molecule has 24 heavy (non-hydrogen) atoms. The third-order valence-corrected chi connectivity index (χ3v) is 4.78. The van der Waals surface area contributed by atoms with E-state index in [1.807, 2.05) is 18.2 Å². The summed E-state index contributed by atoms with van der Waals surface area (Å²) in [6.45, 7) is 4.73. The van der Waals surface area contributed by atoms with Gasteiger partial charge in [0.05, 0.1) is 14.2 Å². The molecule has 0 spiro atoms. The fourth-order valence-corrected chi connectivity index (χ4v) is 3.34. The number of benzene rings is 1. The van der Waals surface area contributed by atoms with E-state index >= 15 is 0 Å². The molecule has 5 heteroatoms. The zero-order chi connectivity index (χ0) is 17.4. The van der Waals surface area contributed by atoms with Crippen molar-refractivity contribution < 1.29 is 14.3 Å². The van der Waals surface area contributed by atoms with Crippen LogP contribution in [0.5, 0.6) is 11.5 Å². The average Bonchev–Trinajstić information content (AvgIpc) is 2.64. The normalized spacial score (nSPS) is 18.2. The van der Waals surface area contributed by atoms with Crippen molar-refractivity contribution in [2.24, 2.45) is 0 Å². The van der Waals surface area contributed by atoms with Crippen LogP contribution < -0.4 is 14.8 Å². The van der Waals surface area contributed by atoms with Gasteiger partial charge in [0.2, 0.25) is 5.91 Å². The topological polar surface area (TPSA) is 50.8 Å². The van der Waals surface area contributed by atoms with Crippen LogP contribution >= 0.6 is 0 Å². The van der Waals surface area contributed by atoms with Crippen molar-refractivity contribution in [2.45, 2.75) is 51.6 Å². The van der Waals surface area contributed by atoms with Crippen LogP contribution in [-0.2, 0) is 11.3 Å². The second kappa shape index (κ2) is 9.52. The van der Waals surface area contributed by atoms with Gasteiger partial charge in [0.15, 0.2) is 11.5 Å². The van der Waals surface area contributed by atoms with E-state index in [1.165, 1.54) is 25.7 Å². The quantitative estimate of drug-likeness (QED) is 0.794. The second-order valence-electron chi connectivity index (χ2n) is 6.31. The Bertz CT molecular complexity index is 533. The molecule has 0 aliphatic carbocycles. The number of nitrogens with zero attached hydrogens (tertiary/aromatic N) is 1. The maximum atomic E-state index is 12.1. The van der Waals surface area contributed by atoms with E-state index in [-0.39, 0.29) is 5.91 Å². The van der Waals surface area contributed by atoms with E-state index in [9.17, 15) is 4.79 Å². The second-order valence-corrected chi connectivity index (χ2v) is 6.31. The monoisotopic (exact) mass is 334 g/mol. The number of likely N-dealkylation sites (tertiary alicyclic amines) is 1. The van der Waals surface area contributed by atoms with E-state index in [1.54, 1.807) is 14.2 Å². The lowest BCUT2D eigenvalue weighted by Crippen LogP contribution is -2.41. The molecule has 1 heterocycles. The Hall–Kier alpha value is -1.75. The number of ether oxygens (including phenoxy) is 2. The largest absolute Gasteiger partial charge is 0.493 e. The van der Waals surface area contributed by atoms with Gasteiger partial charge in [-0.15, -0.1) is 0 Å². The Morgan fingerprint density at radius 2 is 2.04 bits per heavy atom. The summed E-state index contributed by atoms with van der Waals surface area (Å²) < 4.78 is 10.5. The molecule has 1 fully saturated rings. The van der Waals surface area contributed by atoms with E-state index in [0.717, 1.165) is 18.7 Å². The van der Waals surface area contributed by atoms with Crippen LogP contribution in [0.1, 0.15) is 44.6 Å². The highest BCUT2D eigenvalue weighted by Gasteiger charge is 2.20. The molecule has 0 radical (unpaired) electrons. The molecule has 1 saturated heterocycles. The lowest BCUT2D eigenvalue weighted by molar-refractivity contribution is -0.121. The molecule has 0 aromatic heterocycles. The summed E-state index contributed by atoms with van der Waals surface area (Å²) in [5.41, 5.74) is 1.01. The molecular formula is C19H30N2O3. The molecule has 5 nitrogen and oxygen atoms in total. The van der Waals surface area contributed by atoms with Gasteiger partial charge in [-0.1, -0.05) is 19.4 Å². The van der Waals surface area contributed by atoms with E-state index in [4.69, 9.17) is 9.47 Å². The van der Waals surface area contributed by atoms with Crippen molar-refractivity contribution in [3.05, 3.63) is 23.8 Å². The third kappa shape index (κ3) is 5.13. The summed E-state index contributed by atoms with van der Waals surface area (Å²) in [6, 6.07) is 6.35. The van der Waals surface area contributed by atoms with Gasteiger partial charge in [0.1, 0.15) is 0 Å². The van der Waals surface area contributed by atoms with Crippen molar-refractivity contribution in [1.82, 2.24) is 10.2 Å². The third-order valence-electron chi connectivity index (χ3n) is 4.78. The first-order valence-electron chi connectivity index (χ1n) is 8.89. The van der Waals surface area contributed by atoms with Gasteiger partial charge >= 0.3 is 0 Å². The zero-order valence-electron chi connectivity index (χ0n) is 15.1. The summed E-state index contributed by atoms with van der Waals surface area (Å²) in [6.07, 6.45) is 5.57. The van der Waals surface area contributed by atoms with Crippen LogP contribution in [0.15, 0.2) is 18.2 Å². The molecule has 134 valence electrons. The number of hydrogen-bond acceptors (Lipinski definition) is 4. The molecule has 1 N–H and O–H groups in total. The number of carbonyl (C=O) groups excluding carboxylic acids is 1. The van der Waals surface area contributed by atoms with Crippen LogP contribution in [-0.4, -0.2) is 44.2 Å². The molecule has 1 unspecified atom stereocenters. The van der Waals surface area contributed by atoms with Crippen molar-refractivity contribution in [1.29, 1.82) is 0 Å². The summed E-state index contributed by atoms with van der Waals surface area (Å²) in [7, 11) is 3.23. The molecule has 1 aromatic carbocycles. The predicted octanol–water partition coefficient (Wildman–Crippen LogP) is 2.97. The summed E-state index contributed by atoms with van der Waals surface area (Å²) >= 11 is 0. The van der Waals surface area contributed by atoms with Crippen LogP contribution in [0.4, 0.5) is 0 Å². The maximum absolute atomic E-state index is 12.1. The van der Waals surface area contributed by atoms with Gasteiger partial charge in [-0.25, -0.2) is 0 Å². The SMILES string of the molecule is CCC1CCCCN1CCC(=O)NCc1ccc(OC)c(OC)c1. The first-order chi connectivity index (χ1) is 11.7. The van der Waals surface area contributed by atoms with Gasteiger partial charge in [-0.05, 0) is 43.5 Å². The Morgan fingerprint density at radius 3 is 2.75 bits per heavy atom. The van der Waals surface area contributed by atoms with E-state index in [2.05, 4.69) is 17.1 Å². The standard InChI is InChI=1S/C19H30N2O3/c1-4-16-7-5-6-11-21(16)12-10-19(22)20-14-15-8-9-17(23-2)18(13-15)24-3/h8-9,13,16H,4-7,10-12,14H2,1-3H3,(H,20,22). The Kier molecular flexibility index (Phi) is 7.37. The Labute approximate surface area is 145 Å². The molecule has 0 bridgehead atoms. The van der Waals surface area contributed by atoms with Gasteiger partial charge in [-0.2, -0.15) is 0 Å². The van der Waals surface area contributed by atoms with Crippen LogP contribution in [0, 0.1) is 0 Å². The molecular weight excluding hydrogens is 304 g/mol. The number of methoxy groups -OCH3 is 2. The first-order valence-corrected chi connectivity index (χ1v) is 8.89. The Balaban J connectivity index is 1.78. The molecule has 1 aromatic rings. The lowest BCUT2D eigenvalue weighted by atomic mass is 10.00. The number of amides is 1. The number of carbonyl (C=O) groups is 1. The van der Waals surface area contributed by atoms with Gasteiger partial charge < -0.3 is 14.8 Å². The minimum atomic E-state index is 0.102. The van der Waals surface area contributed by atoms with Crippen LogP contribution in [0.3, 0.4) is 0 Å². The minimum Gasteiger partial charge on any atom is -0.493 e. The molecule has 2 rings (SSSR count). The maximum Gasteiger partial charge on any atom is 0.221 e. The summed E-state index contributed by atoms with van der Waals surface area (Å²) in [5, 5.41) is 3.00. The van der Waals surface area contributed by atoms with Gasteiger partial charge in [0.25, 0.3) is 0 Å². The van der Waals surface area contributed by atoms with Crippen molar-refractivity contribution in [3.8, 4) is 11.5 Å². The number of nitrogens with one attached hydrogen (secondary N) is 1. The fourth-order valence-electron chi connectivity index (χ4n) is 3.34. The van der Waals surface area contributed by atoms with Crippen molar-refractivity contribution >= 4 is 5.91 Å². The van der Waals surface area contributed by atoms with Gasteiger partial charge in [-0.3, -0.25) is 9.69 Å². The lowest BCUT2D eigenvalue weighted by Gasteiger charge is -2.35.